The lowest BCUT2D eigenvalue weighted by molar-refractivity contribution is -0.393. The average molecular weight is 438 g/mol. The maximum atomic E-state index is 11.3. The monoisotopic (exact) mass is 437 g/mol. The fourth-order valence-electron chi connectivity index (χ4n) is 2.77. The number of benzene rings is 2. The summed E-state index contributed by atoms with van der Waals surface area (Å²) < 4.78 is 10.8. The van der Waals surface area contributed by atoms with Gasteiger partial charge in [0.25, 0.3) is 5.69 Å². The third-order valence-corrected chi connectivity index (χ3v) is 4.57. The lowest BCUT2D eigenvalue weighted by Crippen LogP contribution is -2.22. The lowest BCUT2D eigenvalue weighted by Gasteiger charge is -2.24. The van der Waals surface area contributed by atoms with E-state index >= 15 is 0 Å². The molecular weight excluding hydrogens is 418 g/mol. The number of ether oxygens (including phenoxy) is 2. The minimum Gasteiger partial charge on any atom is -0.494 e. The van der Waals surface area contributed by atoms with Gasteiger partial charge in [-0.25, -0.2) is 0 Å². The first-order chi connectivity index (χ1) is 14.3. The first-order valence-corrected chi connectivity index (χ1v) is 9.20. The summed E-state index contributed by atoms with van der Waals surface area (Å²) in [5.41, 5.74) is -0.426. The van der Waals surface area contributed by atoms with Gasteiger partial charge in [0.1, 0.15) is 17.2 Å². The van der Waals surface area contributed by atoms with Crippen molar-refractivity contribution >= 4 is 40.0 Å². The Labute approximate surface area is 177 Å². The maximum absolute atomic E-state index is 11.3. The van der Waals surface area contributed by atoms with Crippen LogP contribution in [0.1, 0.15) is 13.8 Å². The van der Waals surface area contributed by atoms with Crippen LogP contribution in [0.25, 0.3) is 0 Å². The summed E-state index contributed by atoms with van der Waals surface area (Å²) in [4.78, 5) is 22.8. The van der Waals surface area contributed by atoms with E-state index in [1.54, 1.807) is 12.1 Å². The van der Waals surface area contributed by atoms with Crippen LogP contribution in [0.3, 0.4) is 0 Å². The molecule has 0 aromatic heterocycles. The Balaban J connectivity index is 2.59. The van der Waals surface area contributed by atoms with E-state index in [2.05, 4.69) is 15.1 Å². The zero-order chi connectivity index (χ0) is 22.4. The molecule has 0 saturated carbocycles. The third-order valence-electron chi connectivity index (χ3n) is 4.28. The highest BCUT2D eigenvalue weighted by Crippen LogP contribution is 2.43. The fourth-order valence-corrected chi connectivity index (χ4v) is 3.02. The van der Waals surface area contributed by atoms with Crippen LogP contribution in [0.2, 0.25) is 5.02 Å². The molecular formula is C18H20ClN5O6. The predicted molar refractivity (Wildman–Crippen MR) is 112 cm³/mol. The molecule has 11 nitrogen and oxygen atoms in total. The number of nitro groups is 2. The van der Waals surface area contributed by atoms with E-state index in [4.69, 9.17) is 21.1 Å². The van der Waals surface area contributed by atoms with Crippen LogP contribution in [0.4, 0.5) is 28.4 Å². The molecule has 0 spiro atoms. The molecule has 0 saturated heterocycles. The SMILES string of the molecule is CCN(CC)c1cc(OC)c(/N=N/c2c(Cl)cc([N+](=O)[O-])cc2[N+](=O)[O-])cc1OC. The lowest BCUT2D eigenvalue weighted by atomic mass is 10.2. The zero-order valence-electron chi connectivity index (χ0n) is 16.8. The summed E-state index contributed by atoms with van der Waals surface area (Å²) in [5.74, 6) is 0.875. The summed E-state index contributed by atoms with van der Waals surface area (Å²) in [6.07, 6.45) is 0. The van der Waals surface area contributed by atoms with E-state index in [1.807, 2.05) is 13.8 Å². The molecule has 0 amide bonds. The van der Waals surface area contributed by atoms with Gasteiger partial charge in [0.05, 0.1) is 40.8 Å². The van der Waals surface area contributed by atoms with Gasteiger partial charge in [-0.05, 0) is 13.8 Å². The van der Waals surface area contributed by atoms with Crippen molar-refractivity contribution in [1.82, 2.24) is 0 Å². The number of hydrogen-bond donors (Lipinski definition) is 0. The van der Waals surface area contributed by atoms with Crippen molar-refractivity contribution in [2.45, 2.75) is 13.8 Å². The van der Waals surface area contributed by atoms with Crippen molar-refractivity contribution in [3.8, 4) is 11.5 Å². The molecule has 0 aliphatic rings. The Bertz CT molecular complexity index is 994. The number of nitrogens with zero attached hydrogens (tertiary/aromatic N) is 5. The van der Waals surface area contributed by atoms with E-state index in [1.165, 1.54) is 14.2 Å². The Morgan fingerprint density at radius 2 is 1.60 bits per heavy atom. The molecule has 0 fully saturated rings. The number of rotatable bonds is 9. The molecule has 2 aromatic rings. The zero-order valence-corrected chi connectivity index (χ0v) is 17.5. The summed E-state index contributed by atoms with van der Waals surface area (Å²) >= 11 is 6.00. The maximum Gasteiger partial charge on any atom is 0.305 e. The molecule has 0 heterocycles. The number of anilines is 1. The first-order valence-electron chi connectivity index (χ1n) is 8.82. The molecule has 2 aromatic carbocycles. The van der Waals surface area contributed by atoms with Gasteiger partial charge >= 0.3 is 5.69 Å². The van der Waals surface area contributed by atoms with Crippen LogP contribution >= 0.6 is 11.6 Å². The highest BCUT2D eigenvalue weighted by molar-refractivity contribution is 6.33. The second-order valence-corrected chi connectivity index (χ2v) is 6.28. The van der Waals surface area contributed by atoms with E-state index in [0.717, 1.165) is 30.9 Å². The van der Waals surface area contributed by atoms with Crippen molar-refractivity contribution in [2.24, 2.45) is 10.2 Å². The molecule has 12 heteroatoms. The van der Waals surface area contributed by atoms with Crippen molar-refractivity contribution in [2.75, 3.05) is 32.2 Å². The summed E-state index contributed by atoms with van der Waals surface area (Å²) in [6, 6.07) is 5.07. The highest BCUT2D eigenvalue weighted by Gasteiger charge is 2.24. The van der Waals surface area contributed by atoms with Gasteiger partial charge in [-0.15, -0.1) is 10.2 Å². The molecule has 2 rings (SSSR count). The van der Waals surface area contributed by atoms with Crippen LogP contribution in [-0.4, -0.2) is 37.2 Å². The van der Waals surface area contributed by atoms with Gasteiger partial charge in [-0.3, -0.25) is 20.2 Å². The van der Waals surface area contributed by atoms with Crippen LogP contribution in [-0.2, 0) is 0 Å². The normalized spacial score (nSPS) is 10.8. The van der Waals surface area contributed by atoms with Crippen molar-refractivity contribution in [3.05, 3.63) is 49.5 Å². The van der Waals surface area contributed by atoms with Crippen LogP contribution in [0, 0.1) is 20.2 Å². The van der Waals surface area contributed by atoms with E-state index in [0.29, 0.717) is 11.5 Å². The van der Waals surface area contributed by atoms with Gasteiger partial charge in [0.15, 0.2) is 5.69 Å². The molecule has 30 heavy (non-hydrogen) atoms. The standard InChI is InChI=1S/C18H20ClN5O6/c1-5-22(6-2)14-10-16(29-3)13(9-17(14)30-4)20-21-18-12(19)7-11(23(25)26)8-15(18)24(27)28/h7-10H,5-6H2,1-4H3/b21-20+. The minimum atomic E-state index is -0.811. The minimum absolute atomic E-state index is 0.244. The molecule has 0 bridgehead atoms. The van der Waals surface area contributed by atoms with Crippen molar-refractivity contribution < 1.29 is 19.3 Å². The van der Waals surface area contributed by atoms with Crippen molar-refractivity contribution in [3.63, 3.8) is 0 Å². The van der Waals surface area contributed by atoms with E-state index < -0.39 is 21.2 Å². The molecule has 0 unspecified atom stereocenters. The topological polar surface area (TPSA) is 133 Å². The van der Waals surface area contributed by atoms with Crippen LogP contribution < -0.4 is 14.4 Å². The molecule has 0 atom stereocenters. The van der Waals surface area contributed by atoms with Gasteiger partial charge in [0, 0.05) is 31.3 Å². The van der Waals surface area contributed by atoms with Gasteiger partial charge in [-0.1, -0.05) is 11.6 Å². The molecule has 0 aliphatic heterocycles. The fraction of sp³-hybridized carbons (Fsp3) is 0.333. The Kier molecular flexibility index (Phi) is 7.48. The summed E-state index contributed by atoms with van der Waals surface area (Å²) in [7, 11) is 2.96. The smallest absolute Gasteiger partial charge is 0.305 e. The van der Waals surface area contributed by atoms with Gasteiger partial charge in [-0.2, -0.15) is 0 Å². The number of hydrogen-bond acceptors (Lipinski definition) is 9. The summed E-state index contributed by atoms with van der Waals surface area (Å²) in [5, 5.41) is 29.9. The largest absolute Gasteiger partial charge is 0.494 e. The Hall–Kier alpha value is -3.47. The van der Waals surface area contributed by atoms with Gasteiger partial charge < -0.3 is 14.4 Å². The van der Waals surface area contributed by atoms with Crippen molar-refractivity contribution in [1.29, 1.82) is 0 Å². The van der Waals surface area contributed by atoms with E-state index in [-0.39, 0.29) is 16.4 Å². The Morgan fingerprint density at radius 1 is 0.967 bits per heavy atom. The second-order valence-electron chi connectivity index (χ2n) is 5.88. The average Bonchev–Trinajstić information content (AvgIpc) is 2.72. The molecule has 0 aliphatic carbocycles. The first kappa shape index (κ1) is 22.8. The molecule has 160 valence electrons. The molecule has 0 radical (unpaired) electrons. The summed E-state index contributed by atoms with van der Waals surface area (Å²) in [6.45, 7) is 5.47. The quantitative estimate of drug-likeness (QED) is 0.290. The Morgan fingerprint density at radius 3 is 2.10 bits per heavy atom. The predicted octanol–water partition coefficient (Wildman–Crippen LogP) is 5.44. The third kappa shape index (κ3) is 4.74. The van der Waals surface area contributed by atoms with E-state index in [9.17, 15) is 20.2 Å². The van der Waals surface area contributed by atoms with Crippen LogP contribution in [0.5, 0.6) is 11.5 Å². The number of nitro benzene ring substituents is 2. The number of methoxy groups -OCH3 is 2. The van der Waals surface area contributed by atoms with Gasteiger partial charge in [0.2, 0.25) is 0 Å². The molecule has 0 N–H and O–H groups in total. The number of halogens is 1. The number of non-ortho nitro benzene ring substituents is 1. The highest BCUT2D eigenvalue weighted by atomic mass is 35.5. The van der Waals surface area contributed by atoms with Crippen LogP contribution in [0.15, 0.2) is 34.5 Å². The number of azo groups is 1. The second kappa shape index (κ2) is 9.83.